The minimum atomic E-state index is -5.71. The second kappa shape index (κ2) is 5.03. The maximum Gasteiger partial charge on any atom is 0.384 e. The van der Waals surface area contributed by atoms with Crippen LogP contribution in [0.2, 0.25) is 0 Å². The largest absolute Gasteiger partial charge is 0.384 e. The first-order chi connectivity index (χ1) is 6.67. The summed E-state index contributed by atoms with van der Waals surface area (Å²) in [5, 5.41) is 0. The molecule has 0 N–H and O–H groups in total. The number of rotatable bonds is 6. The Kier molecular flexibility index (Phi) is 4.86. The number of hydrogen-bond acceptors (Lipinski definition) is 0. The Morgan fingerprint density at radius 2 is 1.60 bits per heavy atom. The van der Waals surface area contributed by atoms with Gasteiger partial charge in [-0.1, -0.05) is 19.8 Å². The predicted molar refractivity (Wildman–Crippen MR) is 39.8 cm³/mol. The Morgan fingerprint density at radius 3 is 1.93 bits per heavy atom. The molecule has 0 aromatic heterocycles. The van der Waals surface area contributed by atoms with Crippen LogP contribution in [0.15, 0.2) is 0 Å². The molecule has 1 unspecified atom stereocenters. The molecule has 0 aliphatic rings. The average molecular weight is 239 g/mol. The molecule has 15 heavy (non-hydrogen) atoms. The van der Waals surface area contributed by atoms with E-state index in [0.717, 1.165) is 0 Å². The van der Waals surface area contributed by atoms with Crippen LogP contribution in [0.5, 0.6) is 0 Å². The molecule has 7 heteroatoms. The molecule has 1 atom stereocenters. The van der Waals surface area contributed by atoms with Gasteiger partial charge in [0, 0.05) is 0 Å². The number of unbranched alkanes of at least 4 members (excludes halogenated alkanes) is 1. The van der Waals surface area contributed by atoms with Gasteiger partial charge in [0.25, 0.3) is 0 Å². The zero-order valence-corrected chi connectivity index (χ0v) is 7.84. The fourth-order valence-electron chi connectivity index (χ4n) is 0.887. The molecule has 0 aromatic rings. The van der Waals surface area contributed by atoms with Crippen molar-refractivity contribution in [2.45, 2.75) is 44.2 Å². The second-order valence-electron chi connectivity index (χ2n) is 3.07. The lowest BCUT2D eigenvalue weighted by atomic mass is 10.0. The van der Waals surface area contributed by atoms with E-state index in [4.69, 9.17) is 0 Å². The summed E-state index contributed by atoms with van der Waals surface area (Å²) >= 11 is 0. The normalized spacial score (nSPS) is 15.8. The molecule has 0 aliphatic heterocycles. The van der Waals surface area contributed by atoms with Gasteiger partial charge >= 0.3 is 18.3 Å². The Balaban J connectivity index is 4.64. The van der Waals surface area contributed by atoms with E-state index in [1.165, 1.54) is 6.92 Å². The highest BCUT2D eigenvalue weighted by molar-refractivity contribution is 4.99. The van der Waals surface area contributed by atoms with Gasteiger partial charge in [-0.05, 0) is 6.42 Å². The van der Waals surface area contributed by atoms with Crippen molar-refractivity contribution in [3.8, 4) is 0 Å². The van der Waals surface area contributed by atoms with E-state index >= 15 is 0 Å². The van der Waals surface area contributed by atoms with Gasteiger partial charge in [-0.2, -0.15) is 26.3 Å². The lowest BCUT2D eigenvalue weighted by Gasteiger charge is -2.27. The molecule has 0 fully saturated rings. The van der Waals surface area contributed by atoms with Crippen LogP contribution in [-0.4, -0.2) is 18.0 Å². The molecule has 0 aliphatic carbocycles. The molecule has 1 radical (unpaired) electrons. The van der Waals surface area contributed by atoms with Crippen molar-refractivity contribution in [2.24, 2.45) is 0 Å². The van der Waals surface area contributed by atoms with E-state index in [1.807, 2.05) is 0 Å². The highest BCUT2D eigenvalue weighted by Crippen LogP contribution is 2.46. The minimum Gasteiger partial charge on any atom is -0.241 e. The summed E-state index contributed by atoms with van der Waals surface area (Å²) < 4.78 is 85.2. The molecule has 0 bridgehead atoms. The summed E-state index contributed by atoms with van der Waals surface area (Å²) in [7, 11) is 0. The fraction of sp³-hybridized carbons (Fsp3) is 0.875. The van der Waals surface area contributed by atoms with Crippen LogP contribution < -0.4 is 0 Å². The van der Waals surface area contributed by atoms with Gasteiger partial charge in [-0.15, -0.1) is 0 Å². The van der Waals surface area contributed by atoms with Crippen molar-refractivity contribution in [3.05, 3.63) is 6.43 Å². The second-order valence-corrected chi connectivity index (χ2v) is 3.07. The molecule has 0 amide bonds. The third-order valence-corrected chi connectivity index (χ3v) is 1.86. The summed E-state index contributed by atoms with van der Waals surface area (Å²) in [5.41, 5.74) is 0. The standard InChI is InChI=1S/C8H10F7/c1-2-3-4-5(9)7(12,13)8(14,15)6(10)11/h5H,2-4H2,1H3. The van der Waals surface area contributed by atoms with Gasteiger partial charge in [0.05, 0.1) is 0 Å². The Labute approximate surface area is 82.5 Å². The summed E-state index contributed by atoms with van der Waals surface area (Å²) in [6, 6.07) is 0. The summed E-state index contributed by atoms with van der Waals surface area (Å²) in [5.74, 6) is -11.1. The molecule has 0 rings (SSSR count). The third kappa shape index (κ3) is 2.98. The molecule has 0 saturated carbocycles. The lowest BCUT2D eigenvalue weighted by molar-refractivity contribution is -0.255. The van der Waals surface area contributed by atoms with Gasteiger partial charge in [0.15, 0.2) is 6.17 Å². The summed E-state index contributed by atoms with van der Waals surface area (Å²) in [4.78, 5) is 0. The highest BCUT2D eigenvalue weighted by Gasteiger charge is 2.68. The Morgan fingerprint density at radius 1 is 1.13 bits per heavy atom. The van der Waals surface area contributed by atoms with Gasteiger partial charge < -0.3 is 0 Å². The zero-order chi connectivity index (χ0) is 12.3. The molecule has 0 spiro atoms. The molecule has 0 nitrogen and oxygen atoms in total. The first-order valence-corrected chi connectivity index (χ1v) is 4.26. The number of hydrogen-bond donors (Lipinski definition) is 0. The van der Waals surface area contributed by atoms with Gasteiger partial charge in [-0.25, -0.2) is 4.39 Å². The van der Waals surface area contributed by atoms with Crippen molar-refractivity contribution in [2.75, 3.05) is 0 Å². The fourth-order valence-corrected chi connectivity index (χ4v) is 0.887. The molecule has 0 aromatic carbocycles. The molecular formula is C8H10F7. The molecule has 91 valence electrons. The predicted octanol–water partition coefficient (Wildman–Crippen LogP) is 4.21. The van der Waals surface area contributed by atoms with Crippen molar-refractivity contribution < 1.29 is 30.7 Å². The molecular weight excluding hydrogens is 229 g/mol. The maximum absolute atomic E-state index is 12.6. The Hall–Kier alpha value is -0.490. The van der Waals surface area contributed by atoms with Crippen molar-refractivity contribution in [1.82, 2.24) is 0 Å². The van der Waals surface area contributed by atoms with Crippen LogP contribution in [0, 0.1) is 6.43 Å². The maximum atomic E-state index is 12.6. The van der Waals surface area contributed by atoms with E-state index in [-0.39, 0.29) is 6.42 Å². The molecule has 0 saturated heterocycles. The third-order valence-electron chi connectivity index (χ3n) is 1.86. The van der Waals surface area contributed by atoms with Crippen LogP contribution in [0.3, 0.4) is 0 Å². The summed E-state index contributed by atoms with van der Waals surface area (Å²) in [6.07, 6.45) is -7.67. The van der Waals surface area contributed by atoms with Crippen molar-refractivity contribution in [3.63, 3.8) is 0 Å². The number of alkyl halides is 5. The zero-order valence-electron chi connectivity index (χ0n) is 7.84. The van der Waals surface area contributed by atoms with Gasteiger partial charge in [0.2, 0.25) is 0 Å². The van der Waals surface area contributed by atoms with E-state index in [0.29, 0.717) is 6.42 Å². The minimum absolute atomic E-state index is 0.0687. The summed E-state index contributed by atoms with van der Waals surface area (Å²) in [6.45, 7) is 1.53. The van der Waals surface area contributed by atoms with Crippen molar-refractivity contribution in [1.29, 1.82) is 0 Å². The van der Waals surface area contributed by atoms with Gasteiger partial charge in [0.1, 0.15) is 0 Å². The van der Waals surface area contributed by atoms with Crippen LogP contribution in [0.25, 0.3) is 0 Å². The Bertz CT molecular complexity index is 189. The quantitative estimate of drug-likeness (QED) is 0.609. The van der Waals surface area contributed by atoms with Crippen LogP contribution in [0.1, 0.15) is 26.2 Å². The SMILES string of the molecule is CCCCC(F)C(F)(F)C(F)(F)[C](F)F. The highest BCUT2D eigenvalue weighted by atomic mass is 19.3. The average Bonchev–Trinajstić information content (AvgIpc) is 2.13. The van der Waals surface area contributed by atoms with E-state index in [2.05, 4.69) is 0 Å². The first-order valence-electron chi connectivity index (χ1n) is 4.26. The smallest absolute Gasteiger partial charge is 0.241 e. The van der Waals surface area contributed by atoms with Crippen LogP contribution >= 0.6 is 0 Å². The number of halogens is 7. The van der Waals surface area contributed by atoms with Gasteiger partial charge in [-0.3, -0.25) is 0 Å². The van der Waals surface area contributed by atoms with Crippen LogP contribution in [-0.2, 0) is 0 Å². The molecule has 0 heterocycles. The van der Waals surface area contributed by atoms with E-state index < -0.39 is 30.9 Å². The van der Waals surface area contributed by atoms with E-state index in [9.17, 15) is 30.7 Å². The van der Waals surface area contributed by atoms with E-state index in [1.54, 1.807) is 0 Å². The monoisotopic (exact) mass is 239 g/mol. The first kappa shape index (κ1) is 14.5. The topological polar surface area (TPSA) is 0 Å². The van der Waals surface area contributed by atoms with Crippen LogP contribution in [0.4, 0.5) is 30.7 Å². The lowest BCUT2D eigenvalue weighted by Crippen LogP contribution is -2.49. The van der Waals surface area contributed by atoms with Crippen molar-refractivity contribution >= 4 is 0 Å².